The number of sulfonamides is 1. The molecule has 0 amide bonds. The van der Waals surface area contributed by atoms with E-state index in [2.05, 4.69) is 11.0 Å². The van der Waals surface area contributed by atoms with Gasteiger partial charge in [0.25, 0.3) is 15.7 Å². The molecule has 0 atom stereocenters. The van der Waals surface area contributed by atoms with Crippen molar-refractivity contribution in [3.63, 3.8) is 0 Å². The average Bonchev–Trinajstić information content (AvgIpc) is 3.04. The fourth-order valence-electron chi connectivity index (χ4n) is 2.56. The van der Waals surface area contributed by atoms with Gasteiger partial charge in [-0.2, -0.15) is 8.42 Å². The number of aryl methyl sites for hydroxylation is 1. The summed E-state index contributed by atoms with van der Waals surface area (Å²) in [5.41, 5.74) is 2.37. The Bertz CT molecular complexity index is 1190. The Morgan fingerprint density at radius 3 is 2.39 bits per heavy atom. The molecule has 3 aromatic rings. The second-order valence-electron chi connectivity index (χ2n) is 5.99. The van der Waals surface area contributed by atoms with E-state index < -0.39 is 14.9 Å². The molecule has 0 radical (unpaired) electrons. The number of hydrogen-bond acceptors (Lipinski definition) is 5. The van der Waals surface area contributed by atoms with Crippen LogP contribution >= 0.6 is 11.3 Å². The smallest absolute Gasteiger partial charge is 0.285 e. The minimum atomic E-state index is -3.87. The number of nitrogens with zero attached hydrogens (tertiary/aromatic N) is 3. The molecule has 0 aliphatic carbocycles. The van der Waals surface area contributed by atoms with E-state index in [1.165, 1.54) is 35.6 Å². The Kier molecular flexibility index (Phi) is 5.57. The summed E-state index contributed by atoms with van der Waals surface area (Å²) in [4.78, 5) is 10.8. The number of benzene rings is 2. The molecule has 28 heavy (non-hydrogen) atoms. The highest BCUT2D eigenvalue weighted by Crippen LogP contribution is 2.23. The minimum Gasteiger partial charge on any atom is -0.312 e. The summed E-state index contributed by atoms with van der Waals surface area (Å²) in [6.45, 7) is 5.94. The zero-order valence-electron chi connectivity index (χ0n) is 15.0. The number of aromatic nitrogens is 1. The van der Waals surface area contributed by atoms with Crippen molar-refractivity contribution in [1.82, 2.24) is 4.57 Å². The van der Waals surface area contributed by atoms with E-state index in [9.17, 15) is 18.5 Å². The zero-order valence-corrected chi connectivity index (χ0v) is 16.6. The van der Waals surface area contributed by atoms with Crippen LogP contribution in [0.5, 0.6) is 0 Å². The molecule has 144 valence electrons. The molecule has 0 aliphatic heterocycles. The summed E-state index contributed by atoms with van der Waals surface area (Å²) in [6, 6.07) is 12.5. The number of nitro benzene ring substituents is 1. The van der Waals surface area contributed by atoms with Crippen molar-refractivity contribution in [3.8, 4) is 11.3 Å². The van der Waals surface area contributed by atoms with Gasteiger partial charge in [-0.15, -0.1) is 22.3 Å². The van der Waals surface area contributed by atoms with Gasteiger partial charge in [-0.05, 0) is 36.8 Å². The lowest BCUT2D eigenvalue weighted by Crippen LogP contribution is -2.17. The molecular weight excluding hydrogens is 398 g/mol. The summed E-state index contributed by atoms with van der Waals surface area (Å²) in [5.74, 6) is 0. The Morgan fingerprint density at radius 2 is 1.82 bits per heavy atom. The predicted molar refractivity (Wildman–Crippen MR) is 109 cm³/mol. The van der Waals surface area contributed by atoms with E-state index in [0.717, 1.165) is 11.1 Å². The van der Waals surface area contributed by atoms with E-state index in [0.29, 0.717) is 17.0 Å². The molecule has 7 nitrogen and oxygen atoms in total. The molecule has 0 saturated heterocycles. The van der Waals surface area contributed by atoms with Crippen LogP contribution in [0, 0.1) is 17.0 Å². The second-order valence-corrected chi connectivity index (χ2v) is 8.43. The van der Waals surface area contributed by atoms with Gasteiger partial charge in [-0.1, -0.05) is 23.8 Å². The molecule has 3 rings (SSSR count). The lowest BCUT2D eigenvalue weighted by Gasteiger charge is -2.06. The summed E-state index contributed by atoms with van der Waals surface area (Å²) >= 11 is 1.18. The molecular formula is C19H17N3O4S2. The average molecular weight is 415 g/mol. The van der Waals surface area contributed by atoms with Gasteiger partial charge >= 0.3 is 0 Å². The normalized spacial score (nSPS) is 12.1. The number of thiazole rings is 1. The van der Waals surface area contributed by atoms with Crippen molar-refractivity contribution < 1.29 is 13.3 Å². The van der Waals surface area contributed by atoms with Crippen LogP contribution in [0.4, 0.5) is 5.69 Å². The largest absolute Gasteiger partial charge is 0.312 e. The Hall–Kier alpha value is -3.04. The van der Waals surface area contributed by atoms with Gasteiger partial charge in [0.15, 0.2) is 0 Å². The summed E-state index contributed by atoms with van der Waals surface area (Å²) < 4.78 is 31.0. The van der Waals surface area contributed by atoms with Crippen LogP contribution in [0.3, 0.4) is 0 Å². The molecule has 0 saturated carbocycles. The molecule has 0 aliphatic rings. The predicted octanol–water partition coefficient (Wildman–Crippen LogP) is 3.91. The number of non-ortho nitro benzene ring substituents is 1. The maximum absolute atomic E-state index is 12.7. The highest BCUT2D eigenvalue weighted by molar-refractivity contribution is 7.90. The third-order valence-corrected chi connectivity index (χ3v) is 6.26. The maximum Gasteiger partial charge on any atom is 0.285 e. The number of hydrogen-bond donors (Lipinski definition) is 0. The van der Waals surface area contributed by atoms with Gasteiger partial charge in [0.2, 0.25) is 4.80 Å². The third-order valence-electron chi connectivity index (χ3n) is 4.00. The summed E-state index contributed by atoms with van der Waals surface area (Å²) in [5, 5.41) is 12.6. The summed E-state index contributed by atoms with van der Waals surface area (Å²) in [6.07, 6.45) is 1.64. The third kappa shape index (κ3) is 4.10. The molecule has 0 bridgehead atoms. The van der Waals surface area contributed by atoms with Crippen LogP contribution in [0.1, 0.15) is 5.56 Å². The van der Waals surface area contributed by atoms with Crippen LogP contribution in [-0.2, 0) is 16.6 Å². The fraction of sp³-hybridized carbons (Fsp3) is 0.105. The fourth-order valence-corrected chi connectivity index (χ4v) is 4.70. The SMILES string of the molecule is C=CCn1c(-c2ccc([N+](=O)[O-])cc2)cs/c1=N\S(=O)(=O)c1ccc(C)cc1. The van der Waals surface area contributed by atoms with Crippen LogP contribution in [0.25, 0.3) is 11.3 Å². The van der Waals surface area contributed by atoms with Crippen molar-refractivity contribution in [2.24, 2.45) is 4.40 Å². The van der Waals surface area contributed by atoms with E-state index in [4.69, 9.17) is 0 Å². The molecule has 1 heterocycles. The first-order valence-corrected chi connectivity index (χ1v) is 10.6. The monoisotopic (exact) mass is 415 g/mol. The van der Waals surface area contributed by atoms with Gasteiger partial charge in [0.1, 0.15) is 0 Å². The van der Waals surface area contributed by atoms with Crippen LogP contribution in [0.2, 0.25) is 0 Å². The summed E-state index contributed by atoms with van der Waals surface area (Å²) in [7, 11) is -3.87. The molecule has 1 aromatic heterocycles. The molecule has 0 unspecified atom stereocenters. The quantitative estimate of drug-likeness (QED) is 0.346. The van der Waals surface area contributed by atoms with Gasteiger partial charge in [0.05, 0.1) is 15.5 Å². The molecule has 0 fully saturated rings. The van der Waals surface area contributed by atoms with Crippen LogP contribution < -0.4 is 4.80 Å². The lowest BCUT2D eigenvalue weighted by molar-refractivity contribution is -0.384. The Morgan fingerprint density at radius 1 is 1.18 bits per heavy atom. The maximum atomic E-state index is 12.7. The number of nitro groups is 1. The highest BCUT2D eigenvalue weighted by atomic mass is 32.2. The molecule has 0 N–H and O–H groups in total. The Labute approximate surface area is 166 Å². The van der Waals surface area contributed by atoms with Gasteiger partial charge in [0, 0.05) is 24.1 Å². The minimum absolute atomic E-state index is 0.0129. The van der Waals surface area contributed by atoms with Crippen molar-refractivity contribution in [3.05, 3.63) is 87.0 Å². The van der Waals surface area contributed by atoms with Gasteiger partial charge in [-0.25, -0.2) is 0 Å². The first-order valence-electron chi connectivity index (χ1n) is 8.23. The number of rotatable bonds is 6. The number of allylic oxidation sites excluding steroid dienone is 1. The van der Waals surface area contributed by atoms with E-state index in [1.54, 1.807) is 40.3 Å². The van der Waals surface area contributed by atoms with Crippen molar-refractivity contribution in [1.29, 1.82) is 0 Å². The van der Waals surface area contributed by atoms with E-state index in [1.807, 2.05) is 6.92 Å². The molecule has 0 spiro atoms. The van der Waals surface area contributed by atoms with Crippen LogP contribution in [0.15, 0.2) is 75.9 Å². The van der Waals surface area contributed by atoms with Crippen molar-refractivity contribution in [2.75, 3.05) is 0 Å². The first kappa shape index (κ1) is 19.7. The lowest BCUT2D eigenvalue weighted by atomic mass is 10.1. The van der Waals surface area contributed by atoms with Crippen LogP contribution in [-0.4, -0.2) is 17.9 Å². The van der Waals surface area contributed by atoms with Crippen molar-refractivity contribution in [2.45, 2.75) is 18.4 Å². The topological polar surface area (TPSA) is 94.6 Å². The first-order chi connectivity index (χ1) is 13.3. The Balaban J connectivity index is 2.10. The van der Waals surface area contributed by atoms with Gasteiger partial charge in [-0.3, -0.25) is 10.1 Å². The van der Waals surface area contributed by atoms with E-state index >= 15 is 0 Å². The highest BCUT2D eigenvalue weighted by Gasteiger charge is 2.15. The molecule has 2 aromatic carbocycles. The standard InChI is InChI=1S/C19H17N3O4S2/c1-3-12-21-18(15-6-8-16(9-7-15)22(23)24)13-27-19(21)20-28(25,26)17-10-4-14(2)5-11-17/h3-11,13H,1,12H2,2H3/b20-19-. The van der Waals surface area contributed by atoms with Crippen molar-refractivity contribution >= 4 is 27.0 Å². The zero-order chi connectivity index (χ0) is 20.3. The molecule has 9 heteroatoms. The van der Waals surface area contributed by atoms with Gasteiger partial charge < -0.3 is 4.57 Å². The van der Waals surface area contributed by atoms with E-state index in [-0.39, 0.29) is 10.6 Å². The second kappa shape index (κ2) is 7.91.